The molecule has 96 valence electrons. The van der Waals surface area contributed by atoms with Crippen molar-refractivity contribution in [2.75, 3.05) is 0 Å². The first-order valence-electron chi connectivity index (χ1n) is 5.83. The van der Waals surface area contributed by atoms with Gasteiger partial charge in [-0.1, -0.05) is 6.07 Å². The number of nitrogens with zero attached hydrogens (tertiary/aromatic N) is 4. The van der Waals surface area contributed by atoms with Gasteiger partial charge in [0.15, 0.2) is 5.69 Å². The van der Waals surface area contributed by atoms with Gasteiger partial charge in [0.2, 0.25) is 0 Å². The van der Waals surface area contributed by atoms with Crippen LogP contribution < -0.4 is 0 Å². The highest BCUT2D eigenvalue weighted by Crippen LogP contribution is 2.24. The van der Waals surface area contributed by atoms with Crippen molar-refractivity contribution in [2.24, 2.45) is 0 Å². The number of hydrogen-bond acceptors (Lipinski definition) is 4. The van der Waals surface area contributed by atoms with E-state index in [1.165, 1.54) is 12.1 Å². The number of nitriles is 1. The minimum Gasteiger partial charge on any atom is -0.298 e. The van der Waals surface area contributed by atoms with Gasteiger partial charge in [0.1, 0.15) is 11.9 Å². The number of hydrogen-bond donors (Lipinski definition) is 0. The van der Waals surface area contributed by atoms with Gasteiger partial charge in [-0.2, -0.15) is 5.26 Å². The number of nitro benzene ring substituents is 1. The highest BCUT2D eigenvalue weighted by Gasteiger charge is 2.13. The van der Waals surface area contributed by atoms with E-state index in [-0.39, 0.29) is 5.69 Å². The molecule has 0 radical (unpaired) electrons. The monoisotopic (exact) mass is 264 g/mol. The summed E-state index contributed by atoms with van der Waals surface area (Å²) in [5.74, 6) is 0.590. The molecule has 0 fully saturated rings. The third kappa shape index (κ3) is 1.78. The molecule has 0 N–H and O–H groups in total. The van der Waals surface area contributed by atoms with Gasteiger partial charge in [-0.25, -0.2) is 4.98 Å². The Balaban J connectivity index is 2.20. The predicted octanol–water partition coefficient (Wildman–Crippen LogP) is 2.78. The van der Waals surface area contributed by atoms with Crippen LogP contribution in [0.3, 0.4) is 0 Å². The number of fused-ring (bicyclic) bond motifs is 1. The Morgan fingerprint density at radius 3 is 2.60 bits per heavy atom. The summed E-state index contributed by atoms with van der Waals surface area (Å²) >= 11 is 0. The number of rotatable bonds is 2. The zero-order chi connectivity index (χ0) is 14.1. The molecule has 3 aromatic rings. The Hall–Kier alpha value is -3.20. The standard InChI is InChI=1S/C14H8N4O2/c15-9-12-13-3-1-2-8-17(13)14(16-12)10-4-6-11(7-5-10)18(19)20/h1-8H. The molecular formula is C14H8N4O2. The average molecular weight is 264 g/mol. The molecule has 0 unspecified atom stereocenters. The quantitative estimate of drug-likeness (QED) is 0.526. The SMILES string of the molecule is N#Cc1nc(-c2ccc([N+](=O)[O-])cc2)n2ccccc12. The second-order valence-electron chi connectivity index (χ2n) is 4.16. The molecule has 6 heteroatoms. The van der Waals surface area contributed by atoms with Crippen molar-refractivity contribution in [1.82, 2.24) is 9.38 Å². The molecule has 2 heterocycles. The molecule has 0 atom stereocenters. The molecular weight excluding hydrogens is 256 g/mol. The number of non-ortho nitro benzene ring substituents is 1. The zero-order valence-electron chi connectivity index (χ0n) is 10.2. The minimum atomic E-state index is -0.450. The summed E-state index contributed by atoms with van der Waals surface area (Å²) in [5.41, 5.74) is 1.79. The summed E-state index contributed by atoms with van der Waals surface area (Å²) < 4.78 is 1.79. The van der Waals surface area contributed by atoms with E-state index in [9.17, 15) is 10.1 Å². The second-order valence-corrected chi connectivity index (χ2v) is 4.16. The highest BCUT2D eigenvalue weighted by molar-refractivity contribution is 5.68. The first-order valence-corrected chi connectivity index (χ1v) is 5.83. The van der Waals surface area contributed by atoms with Gasteiger partial charge in [-0.3, -0.25) is 14.5 Å². The van der Waals surface area contributed by atoms with Crippen LogP contribution in [0.2, 0.25) is 0 Å². The Kier molecular flexibility index (Phi) is 2.66. The molecule has 1 aromatic carbocycles. The first kappa shape index (κ1) is 11.9. The van der Waals surface area contributed by atoms with Crippen molar-refractivity contribution in [2.45, 2.75) is 0 Å². The lowest BCUT2D eigenvalue weighted by atomic mass is 10.2. The van der Waals surface area contributed by atoms with Crippen LogP contribution in [0.25, 0.3) is 16.9 Å². The lowest BCUT2D eigenvalue weighted by molar-refractivity contribution is -0.384. The summed E-state index contributed by atoms with van der Waals surface area (Å²) in [5, 5.41) is 19.8. The molecule has 0 amide bonds. The van der Waals surface area contributed by atoms with Crippen molar-refractivity contribution >= 4 is 11.2 Å². The molecule has 3 rings (SSSR count). The van der Waals surface area contributed by atoms with E-state index in [0.29, 0.717) is 17.0 Å². The summed E-state index contributed by atoms with van der Waals surface area (Å²) in [7, 11) is 0. The average Bonchev–Trinajstić information content (AvgIpc) is 2.86. The maximum Gasteiger partial charge on any atom is 0.269 e. The van der Waals surface area contributed by atoms with Gasteiger partial charge in [-0.15, -0.1) is 0 Å². The van der Waals surface area contributed by atoms with Gasteiger partial charge >= 0.3 is 0 Å². The summed E-state index contributed by atoms with van der Waals surface area (Å²) in [6, 6.07) is 13.6. The van der Waals surface area contributed by atoms with Gasteiger partial charge in [0, 0.05) is 23.9 Å². The third-order valence-electron chi connectivity index (χ3n) is 2.99. The van der Waals surface area contributed by atoms with Gasteiger partial charge < -0.3 is 0 Å². The summed E-state index contributed by atoms with van der Waals surface area (Å²) in [6.45, 7) is 0. The van der Waals surface area contributed by atoms with E-state index in [0.717, 1.165) is 5.56 Å². The minimum absolute atomic E-state index is 0.0233. The van der Waals surface area contributed by atoms with Crippen LogP contribution in [0.1, 0.15) is 5.69 Å². The summed E-state index contributed by atoms with van der Waals surface area (Å²) in [4.78, 5) is 14.5. The van der Waals surface area contributed by atoms with Gasteiger partial charge in [0.05, 0.1) is 10.4 Å². The number of benzene rings is 1. The van der Waals surface area contributed by atoms with Crippen molar-refractivity contribution in [3.8, 4) is 17.5 Å². The second kappa shape index (κ2) is 4.48. The molecule has 0 aliphatic rings. The Morgan fingerprint density at radius 2 is 1.95 bits per heavy atom. The molecule has 6 nitrogen and oxygen atoms in total. The number of nitro groups is 1. The smallest absolute Gasteiger partial charge is 0.269 e. The number of imidazole rings is 1. The molecule has 0 spiro atoms. The number of pyridine rings is 1. The van der Waals surface area contributed by atoms with Crippen LogP contribution in [0.5, 0.6) is 0 Å². The fourth-order valence-electron chi connectivity index (χ4n) is 2.06. The highest BCUT2D eigenvalue weighted by atomic mass is 16.6. The van der Waals surface area contributed by atoms with E-state index in [1.807, 2.05) is 18.2 Å². The van der Waals surface area contributed by atoms with E-state index in [2.05, 4.69) is 4.98 Å². The van der Waals surface area contributed by atoms with Crippen LogP contribution in [0.4, 0.5) is 5.69 Å². The topological polar surface area (TPSA) is 84.2 Å². The van der Waals surface area contributed by atoms with Crippen molar-refractivity contribution < 1.29 is 4.92 Å². The van der Waals surface area contributed by atoms with Crippen molar-refractivity contribution in [3.05, 3.63) is 64.5 Å². The van der Waals surface area contributed by atoms with E-state index >= 15 is 0 Å². The third-order valence-corrected chi connectivity index (χ3v) is 2.99. The Bertz CT molecular complexity index is 844. The molecule has 0 aliphatic carbocycles. The predicted molar refractivity (Wildman–Crippen MR) is 72.0 cm³/mol. The van der Waals surface area contributed by atoms with Crippen molar-refractivity contribution in [1.29, 1.82) is 5.26 Å². The molecule has 0 bridgehead atoms. The first-order chi connectivity index (χ1) is 9.70. The zero-order valence-corrected chi connectivity index (χ0v) is 10.2. The number of aromatic nitrogens is 2. The van der Waals surface area contributed by atoms with Crippen molar-refractivity contribution in [3.63, 3.8) is 0 Å². The van der Waals surface area contributed by atoms with Crippen LogP contribution in [-0.2, 0) is 0 Å². The Morgan fingerprint density at radius 1 is 1.20 bits per heavy atom. The lowest BCUT2D eigenvalue weighted by Crippen LogP contribution is -1.90. The summed E-state index contributed by atoms with van der Waals surface area (Å²) in [6.07, 6.45) is 1.81. The Labute approximate surface area is 113 Å². The van der Waals surface area contributed by atoms with E-state index in [1.54, 1.807) is 28.8 Å². The maximum absolute atomic E-state index is 10.7. The van der Waals surface area contributed by atoms with Gasteiger partial charge in [0.25, 0.3) is 5.69 Å². The van der Waals surface area contributed by atoms with E-state index in [4.69, 9.17) is 5.26 Å². The fraction of sp³-hybridized carbons (Fsp3) is 0. The normalized spacial score (nSPS) is 10.3. The largest absolute Gasteiger partial charge is 0.298 e. The molecule has 0 saturated carbocycles. The van der Waals surface area contributed by atoms with Crippen LogP contribution in [0, 0.1) is 21.4 Å². The fourth-order valence-corrected chi connectivity index (χ4v) is 2.06. The maximum atomic E-state index is 10.7. The molecule has 0 aliphatic heterocycles. The van der Waals surface area contributed by atoms with Crippen LogP contribution in [0.15, 0.2) is 48.7 Å². The van der Waals surface area contributed by atoms with E-state index < -0.39 is 4.92 Å². The molecule has 2 aromatic heterocycles. The van der Waals surface area contributed by atoms with Crippen LogP contribution >= 0.6 is 0 Å². The van der Waals surface area contributed by atoms with Gasteiger partial charge in [-0.05, 0) is 24.3 Å². The molecule has 0 saturated heterocycles. The lowest BCUT2D eigenvalue weighted by Gasteiger charge is -2.00. The van der Waals surface area contributed by atoms with Crippen LogP contribution in [-0.4, -0.2) is 14.3 Å². The molecule has 20 heavy (non-hydrogen) atoms.